The molecule has 11 heteroatoms. The van der Waals surface area contributed by atoms with Crippen LogP contribution in [0.4, 0.5) is 40.8 Å². The first kappa shape index (κ1) is 16.1. The number of halogens is 8. The van der Waals surface area contributed by atoms with Crippen molar-refractivity contribution < 1.29 is 40.0 Å². The van der Waals surface area contributed by atoms with Crippen molar-refractivity contribution in [2.45, 2.75) is 18.0 Å². The fraction of sp³-hybridized carbons (Fsp3) is 0.333. The Balaban J connectivity index is 3.61. The van der Waals surface area contributed by atoms with Crippen LogP contribution in [0.2, 0.25) is 0 Å². The van der Waals surface area contributed by atoms with E-state index in [-0.39, 0.29) is 12.1 Å². The second-order valence-corrected chi connectivity index (χ2v) is 3.58. The molecule has 3 nitrogen and oxygen atoms in total. The molecule has 0 saturated heterocycles. The quantitative estimate of drug-likeness (QED) is 0.470. The predicted molar refractivity (Wildman–Crippen MR) is 48.0 cm³/mol. The third kappa shape index (κ3) is 2.39. The molecule has 1 aromatic carbocycles. The van der Waals surface area contributed by atoms with Crippen molar-refractivity contribution in [3.8, 4) is 0 Å². The topological polar surface area (TPSA) is 43.1 Å². The van der Waals surface area contributed by atoms with Crippen LogP contribution >= 0.6 is 0 Å². The van der Waals surface area contributed by atoms with Crippen molar-refractivity contribution >= 4 is 5.69 Å². The van der Waals surface area contributed by atoms with Gasteiger partial charge in [0.15, 0.2) is 0 Å². The van der Waals surface area contributed by atoms with E-state index in [1.807, 2.05) is 0 Å². The van der Waals surface area contributed by atoms with E-state index >= 15 is 0 Å². The highest BCUT2D eigenvalue weighted by Gasteiger charge is 2.73. The molecule has 0 N–H and O–H groups in total. The first-order valence-corrected chi connectivity index (χ1v) is 4.59. The first-order chi connectivity index (χ1) is 8.82. The summed E-state index contributed by atoms with van der Waals surface area (Å²) in [6.45, 7) is 0. The standard InChI is InChI=1S/C9H3F8NO2/c10-5-2-1-4(3-6(5)18(19)20)7(11,8(12,13)14)9(15,16)17/h1-3H. The Labute approximate surface area is 105 Å². The zero-order valence-electron chi connectivity index (χ0n) is 9.02. The fourth-order valence-corrected chi connectivity index (χ4v) is 1.35. The van der Waals surface area contributed by atoms with Gasteiger partial charge in [-0.3, -0.25) is 10.1 Å². The fourth-order valence-electron chi connectivity index (χ4n) is 1.35. The minimum atomic E-state index is -6.42. The van der Waals surface area contributed by atoms with Crippen LogP contribution in [0.3, 0.4) is 0 Å². The molecule has 20 heavy (non-hydrogen) atoms. The van der Waals surface area contributed by atoms with Gasteiger partial charge in [0.25, 0.3) is 0 Å². The summed E-state index contributed by atoms with van der Waals surface area (Å²) in [6.07, 6.45) is -12.8. The summed E-state index contributed by atoms with van der Waals surface area (Å²) in [7, 11) is 0. The maximum Gasteiger partial charge on any atom is 0.435 e. The van der Waals surface area contributed by atoms with Crippen LogP contribution in [-0.4, -0.2) is 17.3 Å². The van der Waals surface area contributed by atoms with Crippen LogP contribution < -0.4 is 0 Å². The predicted octanol–water partition coefficient (Wildman–Crippen LogP) is 4.02. The number of nitro groups is 1. The van der Waals surface area contributed by atoms with Crippen LogP contribution in [0.1, 0.15) is 5.56 Å². The van der Waals surface area contributed by atoms with Crippen molar-refractivity contribution in [2.24, 2.45) is 0 Å². The van der Waals surface area contributed by atoms with Gasteiger partial charge in [-0.25, -0.2) is 4.39 Å². The van der Waals surface area contributed by atoms with Gasteiger partial charge in [0.05, 0.1) is 4.92 Å². The second-order valence-electron chi connectivity index (χ2n) is 3.58. The van der Waals surface area contributed by atoms with Gasteiger partial charge in [-0.1, -0.05) is 6.07 Å². The van der Waals surface area contributed by atoms with E-state index in [1.165, 1.54) is 0 Å². The summed E-state index contributed by atoms with van der Waals surface area (Å²) < 4.78 is 101. The molecular weight excluding hydrogens is 306 g/mol. The molecule has 0 spiro atoms. The van der Waals surface area contributed by atoms with Gasteiger partial charge in [0, 0.05) is 11.6 Å². The SMILES string of the molecule is O=[N+]([O-])c1cc(C(F)(C(F)(F)F)C(F)(F)F)ccc1F. The Morgan fingerprint density at radius 1 is 0.950 bits per heavy atom. The van der Waals surface area contributed by atoms with Crippen molar-refractivity contribution in [2.75, 3.05) is 0 Å². The number of benzene rings is 1. The molecule has 0 bridgehead atoms. The van der Waals surface area contributed by atoms with E-state index in [0.29, 0.717) is 0 Å². The van der Waals surface area contributed by atoms with Crippen LogP contribution in [0.5, 0.6) is 0 Å². The molecule has 1 rings (SSSR count). The summed E-state index contributed by atoms with van der Waals surface area (Å²) in [4.78, 5) is 8.72. The van der Waals surface area contributed by atoms with Gasteiger partial charge in [-0.2, -0.15) is 30.7 Å². The molecule has 0 aliphatic heterocycles. The van der Waals surface area contributed by atoms with Crippen molar-refractivity contribution in [3.63, 3.8) is 0 Å². The van der Waals surface area contributed by atoms with Gasteiger partial charge in [-0.15, -0.1) is 0 Å². The van der Waals surface area contributed by atoms with E-state index in [1.54, 1.807) is 0 Å². The summed E-state index contributed by atoms with van der Waals surface area (Å²) in [6, 6.07) is -0.626. The highest BCUT2D eigenvalue weighted by molar-refractivity contribution is 5.40. The minimum Gasteiger partial charge on any atom is -0.258 e. The van der Waals surface area contributed by atoms with E-state index in [0.717, 1.165) is 0 Å². The molecule has 0 aliphatic rings. The second kappa shape index (κ2) is 4.56. The van der Waals surface area contributed by atoms with Gasteiger partial charge in [-0.05, 0) is 6.07 Å². The highest BCUT2D eigenvalue weighted by Crippen LogP contribution is 2.53. The van der Waals surface area contributed by atoms with Crippen molar-refractivity contribution in [1.29, 1.82) is 0 Å². The molecule has 0 heterocycles. The molecular formula is C9H3F8NO2. The van der Waals surface area contributed by atoms with E-state index in [4.69, 9.17) is 0 Å². The summed E-state index contributed by atoms with van der Waals surface area (Å²) >= 11 is 0. The summed E-state index contributed by atoms with van der Waals surface area (Å²) in [5.41, 5.74) is -9.65. The van der Waals surface area contributed by atoms with Gasteiger partial charge < -0.3 is 0 Å². The Bertz CT molecular complexity index is 522. The third-order valence-electron chi connectivity index (χ3n) is 2.32. The van der Waals surface area contributed by atoms with Gasteiger partial charge >= 0.3 is 23.7 Å². The normalized spacial score (nSPS) is 13.4. The lowest BCUT2D eigenvalue weighted by atomic mass is 9.93. The Morgan fingerprint density at radius 2 is 1.40 bits per heavy atom. The van der Waals surface area contributed by atoms with Crippen LogP contribution in [-0.2, 0) is 5.67 Å². The van der Waals surface area contributed by atoms with Crippen LogP contribution in [0.25, 0.3) is 0 Å². The summed E-state index contributed by atoms with van der Waals surface area (Å²) in [5, 5.41) is 10.3. The van der Waals surface area contributed by atoms with Gasteiger partial charge in [0.1, 0.15) is 0 Å². The lowest BCUT2D eigenvalue weighted by Gasteiger charge is -2.30. The molecule has 0 fully saturated rings. The lowest BCUT2D eigenvalue weighted by Crippen LogP contribution is -2.50. The van der Waals surface area contributed by atoms with Crippen LogP contribution in [0.15, 0.2) is 18.2 Å². The van der Waals surface area contributed by atoms with Crippen molar-refractivity contribution in [1.82, 2.24) is 0 Å². The molecule has 0 amide bonds. The van der Waals surface area contributed by atoms with E-state index < -0.39 is 46.1 Å². The average Bonchev–Trinajstić information content (AvgIpc) is 2.25. The van der Waals surface area contributed by atoms with E-state index in [9.17, 15) is 45.2 Å². The maximum atomic E-state index is 13.5. The number of hydrogen-bond donors (Lipinski definition) is 0. The molecule has 1 aromatic rings. The smallest absolute Gasteiger partial charge is 0.258 e. The molecule has 0 atom stereocenters. The molecule has 0 radical (unpaired) electrons. The highest BCUT2D eigenvalue weighted by atomic mass is 19.4. The van der Waals surface area contributed by atoms with Crippen LogP contribution in [0, 0.1) is 15.9 Å². The number of alkyl halides is 7. The summed E-state index contributed by atoms with van der Waals surface area (Å²) in [5.74, 6) is -1.69. The number of nitrogens with zero attached hydrogens (tertiary/aromatic N) is 1. The first-order valence-electron chi connectivity index (χ1n) is 4.59. The maximum absolute atomic E-state index is 13.5. The zero-order valence-corrected chi connectivity index (χ0v) is 9.02. The molecule has 0 aromatic heterocycles. The average molecular weight is 309 g/mol. The number of hydrogen-bond acceptors (Lipinski definition) is 2. The molecule has 0 aliphatic carbocycles. The lowest BCUT2D eigenvalue weighted by molar-refractivity contribution is -0.388. The number of nitro benzene ring substituents is 1. The minimum absolute atomic E-state index is 0.0424. The van der Waals surface area contributed by atoms with E-state index in [2.05, 4.69) is 0 Å². The van der Waals surface area contributed by atoms with Crippen molar-refractivity contribution in [3.05, 3.63) is 39.7 Å². The monoisotopic (exact) mass is 309 g/mol. The third-order valence-corrected chi connectivity index (χ3v) is 2.32. The molecule has 112 valence electrons. The Morgan fingerprint density at radius 3 is 1.75 bits per heavy atom. The Kier molecular flexibility index (Phi) is 3.68. The molecule has 0 saturated carbocycles. The van der Waals surface area contributed by atoms with Gasteiger partial charge in [0.2, 0.25) is 5.82 Å². The zero-order chi connectivity index (χ0) is 15.9. The largest absolute Gasteiger partial charge is 0.435 e. The Hall–Kier alpha value is -1.94. The molecule has 0 unspecified atom stereocenters. The number of rotatable bonds is 2.